The van der Waals surface area contributed by atoms with Gasteiger partial charge < -0.3 is 10.5 Å². The molecular formula is C13H13F6NO. The number of hydrogen-bond acceptors (Lipinski definition) is 2. The van der Waals surface area contributed by atoms with E-state index in [1.165, 1.54) is 0 Å². The fraction of sp³-hybridized carbons (Fsp3) is 0.538. The van der Waals surface area contributed by atoms with Gasteiger partial charge in [-0.1, -0.05) is 0 Å². The first kappa shape index (κ1) is 15.9. The third-order valence-corrected chi connectivity index (χ3v) is 3.46. The van der Waals surface area contributed by atoms with Crippen LogP contribution in [0.4, 0.5) is 26.3 Å². The number of alkyl halides is 6. The molecule has 1 saturated carbocycles. The largest absolute Gasteiger partial charge is 0.496 e. The van der Waals surface area contributed by atoms with Crippen molar-refractivity contribution in [3.63, 3.8) is 0 Å². The molecule has 0 spiro atoms. The van der Waals surface area contributed by atoms with Crippen molar-refractivity contribution in [3.05, 3.63) is 28.8 Å². The summed E-state index contributed by atoms with van der Waals surface area (Å²) < 4.78 is 82.2. The van der Waals surface area contributed by atoms with E-state index < -0.39 is 40.8 Å². The summed E-state index contributed by atoms with van der Waals surface area (Å²) in [7, 11) is 1.03. The van der Waals surface area contributed by atoms with Gasteiger partial charge in [0, 0.05) is 11.6 Å². The summed E-state index contributed by atoms with van der Waals surface area (Å²) >= 11 is 0. The van der Waals surface area contributed by atoms with E-state index in [0.29, 0.717) is 18.9 Å². The van der Waals surface area contributed by atoms with E-state index in [4.69, 9.17) is 10.5 Å². The Bertz CT molecular complexity index is 533. The average molecular weight is 313 g/mol. The highest BCUT2D eigenvalue weighted by molar-refractivity contribution is 5.48. The van der Waals surface area contributed by atoms with E-state index in [9.17, 15) is 26.3 Å². The molecule has 21 heavy (non-hydrogen) atoms. The van der Waals surface area contributed by atoms with Crippen LogP contribution in [-0.2, 0) is 12.4 Å². The molecule has 0 amide bonds. The molecule has 2 rings (SSSR count). The van der Waals surface area contributed by atoms with Crippen molar-refractivity contribution in [3.8, 4) is 5.75 Å². The summed E-state index contributed by atoms with van der Waals surface area (Å²) in [6, 6.07) is -0.328. The van der Waals surface area contributed by atoms with Gasteiger partial charge in [0.25, 0.3) is 0 Å². The van der Waals surface area contributed by atoms with E-state index in [0.717, 1.165) is 7.11 Å². The highest BCUT2D eigenvalue weighted by atomic mass is 19.4. The van der Waals surface area contributed by atoms with E-state index >= 15 is 0 Å². The number of nitrogens with two attached hydrogens (primary N) is 1. The Labute approximate surface area is 116 Å². The minimum Gasteiger partial charge on any atom is -0.496 e. The zero-order valence-electron chi connectivity index (χ0n) is 11.0. The van der Waals surface area contributed by atoms with Crippen molar-refractivity contribution in [1.29, 1.82) is 0 Å². The quantitative estimate of drug-likeness (QED) is 0.851. The molecule has 1 fully saturated rings. The molecule has 1 aliphatic carbocycles. The number of halogens is 6. The van der Waals surface area contributed by atoms with Gasteiger partial charge in [0.2, 0.25) is 0 Å². The van der Waals surface area contributed by atoms with Crippen molar-refractivity contribution in [2.24, 2.45) is 11.7 Å². The molecule has 2 nitrogen and oxygen atoms in total. The molecule has 0 heterocycles. The molecule has 0 aromatic heterocycles. The molecule has 0 saturated heterocycles. The van der Waals surface area contributed by atoms with Crippen LogP contribution in [-0.4, -0.2) is 7.11 Å². The predicted octanol–water partition coefficient (Wildman–Crippen LogP) is 4.14. The zero-order valence-corrected chi connectivity index (χ0v) is 11.0. The predicted molar refractivity (Wildman–Crippen MR) is 62.7 cm³/mol. The highest BCUT2D eigenvalue weighted by Crippen LogP contribution is 2.48. The van der Waals surface area contributed by atoms with Gasteiger partial charge in [-0.3, -0.25) is 0 Å². The summed E-state index contributed by atoms with van der Waals surface area (Å²) in [4.78, 5) is 0. The monoisotopic (exact) mass is 313 g/mol. The van der Waals surface area contributed by atoms with Crippen LogP contribution in [0.15, 0.2) is 12.1 Å². The molecule has 8 heteroatoms. The minimum atomic E-state index is -4.93. The molecule has 1 aromatic rings. The van der Waals surface area contributed by atoms with E-state index in [1.54, 1.807) is 0 Å². The lowest BCUT2D eigenvalue weighted by Crippen LogP contribution is -2.21. The summed E-state index contributed by atoms with van der Waals surface area (Å²) in [5.74, 6) is -0.631. The van der Waals surface area contributed by atoms with E-state index in [1.807, 2.05) is 0 Å². The van der Waals surface area contributed by atoms with Crippen LogP contribution in [0.3, 0.4) is 0 Å². The average Bonchev–Trinajstić information content (AvgIpc) is 3.18. The van der Waals surface area contributed by atoms with Crippen LogP contribution in [0.2, 0.25) is 0 Å². The molecule has 1 atom stereocenters. The van der Waals surface area contributed by atoms with Crippen molar-refractivity contribution in [2.45, 2.75) is 31.2 Å². The Kier molecular flexibility index (Phi) is 3.86. The number of methoxy groups -OCH3 is 1. The van der Waals surface area contributed by atoms with Crippen molar-refractivity contribution < 1.29 is 31.1 Å². The van der Waals surface area contributed by atoms with Crippen LogP contribution >= 0.6 is 0 Å². The standard InChI is InChI=1S/C13H13F6NO/c1-21-9-5-7(12(14,15)16)4-8(13(17,18)19)10(9)11(20)6-2-3-6/h4-6,11H,2-3,20H2,1H3/t11-/m1/s1. The molecule has 0 bridgehead atoms. The molecule has 1 aliphatic rings. The van der Waals surface area contributed by atoms with Crippen LogP contribution < -0.4 is 10.5 Å². The lowest BCUT2D eigenvalue weighted by molar-refractivity contribution is -0.143. The maximum atomic E-state index is 13.1. The number of hydrogen-bond donors (Lipinski definition) is 1. The Hall–Kier alpha value is -1.44. The number of benzene rings is 1. The van der Waals surface area contributed by atoms with Crippen LogP contribution in [0, 0.1) is 5.92 Å². The van der Waals surface area contributed by atoms with Crippen molar-refractivity contribution >= 4 is 0 Å². The fourth-order valence-electron chi connectivity index (χ4n) is 2.23. The molecule has 2 N–H and O–H groups in total. The zero-order chi connectivity index (χ0) is 16.0. The van der Waals surface area contributed by atoms with Gasteiger partial charge in [0.1, 0.15) is 5.75 Å². The first-order valence-corrected chi connectivity index (χ1v) is 6.17. The van der Waals surface area contributed by atoms with Crippen molar-refractivity contribution in [1.82, 2.24) is 0 Å². The van der Waals surface area contributed by atoms with Gasteiger partial charge in [-0.25, -0.2) is 0 Å². The van der Waals surface area contributed by atoms with Gasteiger partial charge >= 0.3 is 12.4 Å². The van der Waals surface area contributed by atoms with Gasteiger partial charge in [-0.2, -0.15) is 26.3 Å². The first-order valence-electron chi connectivity index (χ1n) is 6.17. The van der Waals surface area contributed by atoms with Crippen molar-refractivity contribution in [2.75, 3.05) is 7.11 Å². The fourth-order valence-corrected chi connectivity index (χ4v) is 2.23. The van der Waals surface area contributed by atoms with Gasteiger partial charge in [-0.05, 0) is 30.9 Å². The second kappa shape index (κ2) is 5.08. The minimum absolute atomic E-state index is 0.0973. The van der Waals surface area contributed by atoms with E-state index in [-0.39, 0.29) is 12.0 Å². The Balaban J connectivity index is 2.66. The molecule has 118 valence electrons. The second-order valence-corrected chi connectivity index (χ2v) is 5.00. The van der Waals surface area contributed by atoms with Gasteiger partial charge in [-0.15, -0.1) is 0 Å². The number of ether oxygens (including phenoxy) is 1. The molecular weight excluding hydrogens is 300 g/mol. The highest BCUT2D eigenvalue weighted by Gasteiger charge is 2.43. The lowest BCUT2D eigenvalue weighted by Gasteiger charge is -2.23. The molecule has 0 aliphatic heterocycles. The molecule has 0 unspecified atom stereocenters. The number of rotatable bonds is 3. The normalized spacial score (nSPS) is 17.7. The summed E-state index contributed by atoms with van der Waals surface area (Å²) in [6.07, 6.45) is -8.52. The van der Waals surface area contributed by atoms with Gasteiger partial charge in [0.15, 0.2) is 0 Å². The maximum Gasteiger partial charge on any atom is 0.416 e. The SMILES string of the molecule is COc1cc(C(F)(F)F)cc(C(F)(F)F)c1[C@H](N)C1CC1. The molecule has 1 aromatic carbocycles. The molecule has 0 radical (unpaired) electrons. The lowest BCUT2D eigenvalue weighted by atomic mass is 9.93. The first-order chi connectivity index (χ1) is 9.55. The smallest absolute Gasteiger partial charge is 0.416 e. The Morgan fingerprint density at radius 3 is 2.05 bits per heavy atom. The van der Waals surface area contributed by atoms with Crippen LogP contribution in [0.25, 0.3) is 0 Å². The van der Waals surface area contributed by atoms with Crippen LogP contribution in [0.5, 0.6) is 5.75 Å². The third kappa shape index (κ3) is 3.25. The Morgan fingerprint density at radius 1 is 1.10 bits per heavy atom. The topological polar surface area (TPSA) is 35.2 Å². The maximum absolute atomic E-state index is 13.1. The second-order valence-electron chi connectivity index (χ2n) is 5.00. The Morgan fingerprint density at radius 2 is 1.67 bits per heavy atom. The summed E-state index contributed by atoms with van der Waals surface area (Å²) in [5.41, 5.74) is 2.58. The third-order valence-electron chi connectivity index (χ3n) is 3.46. The summed E-state index contributed by atoms with van der Waals surface area (Å²) in [6.45, 7) is 0. The van der Waals surface area contributed by atoms with Gasteiger partial charge in [0.05, 0.1) is 18.2 Å². The van der Waals surface area contributed by atoms with Crippen LogP contribution in [0.1, 0.15) is 35.6 Å². The summed E-state index contributed by atoms with van der Waals surface area (Å²) in [5, 5.41) is 0. The van der Waals surface area contributed by atoms with E-state index in [2.05, 4.69) is 0 Å².